The average molecular weight is 354 g/mol. The standard InChI is InChI=1S/C21H23FN2O2/c1-14-6-5-7-15(2)18(14)24-20(26)21(11-12-21)19(25)23-13-10-16-8-3-4-9-17(16)22/h3-9H,10-13H2,1-2H3,(H,23,25)(H,24,26). The van der Waals surface area contributed by atoms with E-state index in [9.17, 15) is 14.0 Å². The van der Waals surface area contributed by atoms with Gasteiger partial charge in [-0.25, -0.2) is 4.39 Å². The van der Waals surface area contributed by atoms with Crippen LogP contribution in [0, 0.1) is 25.1 Å². The second-order valence-corrected chi connectivity index (χ2v) is 6.90. The zero-order valence-electron chi connectivity index (χ0n) is 15.1. The fourth-order valence-electron chi connectivity index (χ4n) is 3.11. The quantitative estimate of drug-likeness (QED) is 0.780. The molecular formula is C21H23FN2O2. The van der Waals surface area contributed by atoms with Crippen molar-refractivity contribution in [3.8, 4) is 0 Å². The van der Waals surface area contributed by atoms with E-state index in [0.717, 1.165) is 16.8 Å². The van der Waals surface area contributed by atoms with Crippen LogP contribution in [-0.4, -0.2) is 18.4 Å². The first-order chi connectivity index (χ1) is 12.4. The lowest BCUT2D eigenvalue weighted by Gasteiger charge is -2.18. The van der Waals surface area contributed by atoms with Crippen molar-refractivity contribution in [2.45, 2.75) is 33.1 Å². The Hall–Kier alpha value is -2.69. The van der Waals surface area contributed by atoms with Gasteiger partial charge in [0.15, 0.2) is 0 Å². The molecule has 0 atom stereocenters. The molecule has 0 unspecified atom stereocenters. The molecule has 2 amide bonds. The Balaban J connectivity index is 1.60. The van der Waals surface area contributed by atoms with E-state index in [-0.39, 0.29) is 17.6 Å². The summed E-state index contributed by atoms with van der Waals surface area (Å²) in [7, 11) is 0. The minimum atomic E-state index is -0.996. The molecule has 4 nitrogen and oxygen atoms in total. The summed E-state index contributed by atoms with van der Waals surface area (Å²) in [6.07, 6.45) is 1.47. The Morgan fingerprint density at radius 3 is 2.27 bits per heavy atom. The maximum Gasteiger partial charge on any atom is 0.240 e. The van der Waals surface area contributed by atoms with Gasteiger partial charge in [-0.15, -0.1) is 0 Å². The van der Waals surface area contributed by atoms with Gasteiger partial charge in [0.1, 0.15) is 11.2 Å². The summed E-state index contributed by atoms with van der Waals surface area (Å²) >= 11 is 0. The van der Waals surface area contributed by atoms with Crippen molar-refractivity contribution in [1.82, 2.24) is 5.32 Å². The van der Waals surface area contributed by atoms with Gasteiger partial charge in [0, 0.05) is 12.2 Å². The molecule has 0 bridgehead atoms. The molecule has 1 aliphatic rings. The Labute approximate surface area is 152 Å². The molecule has 2 N–H and O–H groups in total. The zero-order chi connectivity index (χ0) is 18.7. The lowest BCUT2D eigenvalue weighted by atomic mass is 10.0. The molecule has 0 saturated heterocycles. The first-order valence-corrected chi connectivity index (χ1v) is 8.83. The maximum atomic E-state index is 13.6. The van der Waals surface area contributed by atoms with Crippen molar-refractivity contribution >= 4 is 17.5 Å². The minimum Gasteiger partial charge on any atom is -0.355 e. The fourth-order valence-corrected chi connectivity index (χ4v) is 3.11. The van der Waals surface area contributed by atoms with E-state index >= 15 is 0 Å². The van der Waals surface area contributed by atoms with Gasteiger partial charge in [-0.05, 0) is 55.9 Å². The number of anilines is 1. The van der Waals surface area contributed by atoms with Gasteiger partial charge in [0.25, 0.3) is 0 Å². The van der Waals surface area contributed by atoms with Crippen LogP contribution in [0.15, 0.2) is 42.5 Å². The minimum absolute atomic E-state index is 0.265. The van der Waals surface area contributed by atoms with E-state index in [4.69, 9.17) is 0 Å². The Morgan fingerprint density at radius 1 is 1.00 bits per heavy atom. The van der Waals surface area contributed by atoms with Crippen molar-refractivity contribution in [2.75, 3.05) is 11.9 Å². The number of hydrogen-bond donors (Lipinski definition) is 2. The number of hydrogen-bond acceptors (Lipinski definition) is 2. The van der Waals surface area contributed by atoms with E-state index in [1.54, 1.807) is 18.2 Å². The number of amides is 2. The molecule has 2 aromatic carbocycles. The van der Waals surface area contributed by atoms with Gasteiger partial charge in [-0.3, -0.25) is 9.59 Å². The highest BCUT2D eigenvalue weighted by Gasteiger charge is 2.56. The summed E-state index contributed by atoms with van der Waals surface area (Å²) < 4.78 is 13.6. The summed E-state index contributed by atoms with van der Waals surface area (Å²) in [6.45, 7) is 4.16. The number of carbonyl (C=O) groups excluding carboxylic acids is 2. The molecule has 1 saturated carbocycles. The molecule has 0 radical (unpaired) electrons. The predicted octanol–water partition coefficient (Wildman–Crippen LogP) is 3.52. The number of halogens is 1. The first kappa shape index (κ1) is 18.1. The van der Waals surface area contributed by atoms with Gasteiger partial charge in [0.05, 0.1) is 0 Å². The highest BCUT2D eigenvalue weighted by atomic mass is 19.1. The zero-order valence-corrected chi connectivity index (χ0v) is 15.1. The van der Waals surface area contributed by atoms with Crippen molar-refractivity contribution in [3.63, 3.8) is 0 Å². The van der Waals surface area contributed by atoms with Crippen LogP contribution in [0.25, 0.3) is 0 Å². The van der Waals surface area contributed by atoms with Crippen molar-refractivity contribution < 1.29 is 14.0 Å². The summed E-state index contributed by atoms with van der Waals surface area (Å²) in [5, 5.41) is 5.71. The van der Waals surface area contributed by atoms with Gasteiger partial charge < -0.3 is 10.6 Å². The predicted molar refractivity (Wildman–Crippen MR) is 99.3 cm³/mol. The lowest BCUT2D eigenvalue weighted by Crippen LogP contribution is -2.40. The molecular weight excluding hydrogens is 331 g/mol. The van der Waals surface area contributed by atoms with Crippen molar-refractivity contribution in [2.24, 2.45) is 5.41 Å². The molecule has 2 aromatic rings. The van der Waals surface area contributed by atoms with E-state index < -0.39 is 5.41 Å². The topological polar surface area (TPSA) is 58.2 Å². The second-order valence-electron chi connectivity index (χ2n) is 6.90. The molecule has 136 valence electrons. The second kappa shape index (κ2) is 7.28. The van der Waals surface area contributed by atoms with Gasteiger partial charge in [-0.1, -0.05) is 36.4 Å². The molecule has 1 fully saturated rings. The molecule has 0 spiro atoms. The summed E-state index contributed by atoms with van der Waals surface area (Å²) in [5.41, 5.74) is 2.26. The van der Waals surface area contributed by atoms with Crippen molar-refractivity contribution in [1.29, 1.82) is 0 Å². The molecule has 0 aromatic heterocycles. The normalized spacial score (nSPS) is 14.6. The van der Waals surface area contributed by atoms with Crippen LogP contribution in [0.3, 0.4) is 0 Å². The molecule has 5 heteroatoms. The van der Waals surface area contributed by atoms with Crippen LogP contribution < -0.4 is 10.6 Å². The number of para-hydroxylation sites is 1. The van der Waals surface area contributed by atoms with Gasteiger partial charge >= 0.3 is 0 Å². The first-order valence-electron chi connectivity index (χ1n) is 8.83. The Kier molecular flexibility index (Phi) is 5.07. The summed E-state index contributed by atoms with van der Waals surface area (Å²) in [6, 6.07) is 12.3. The molecule has 1 aliphatic carbocycles. The number of benzene rings is 2. The molecule has 26 heavy (non-hydrogen) atoms. The molecule has 3 rings (SSSR count). The largest absolute Gasteiger partial charge is 0.355 e. The van der Waals surface area contributed by atoms with Crippen LogP contribution in [0.4, 0.5) is 10.1 Å². The van der Waals surface area contributed by atoms with Crippen molar-refractivity contribution in [3.05, 3.63) is 65.0 Å². The number of rotatable bonds is 6. The summed E-state index contributed by atoms with van der Waals surface area (Å²) in [4.78, 5) is 25.2. The van der Waals surface area contributed by atoms with Gasteiger partial charge in [-0.2, -0.15) is 0 Å². The monoisotopic (exact) mass is 354 g/mol. The average Bonchev–Trinajstić information content (AvgIpc) is 3.42. The molecule has 0 heterocycles. The van der Waals surface area contributed by atoms with Crippen LogP contribution in [0.5, 0.6) is 0 Å². The Bertz CT molecular complexity index is 823. The smallest absolute Gasteiger partial charge is 0.240 e. The SMILES string of the molecule is Cc1cccc(C)c1NC(=O)C1(C(=O)NCCc2ccccc2F)CC1. The highest BCUT2D eigenvalue weighted by Crippen LogP contribution is 2.47. The van der Waals surface area contributed by atoms with E-state index in [0.29, 0.717) is 31.4 Å². The third-order valence-corrected chi connectivity index (χ3v) is 4.98. The third kappa shape index (κ3) is 3.62. The third-order valence-electron chi connectivity index (χ3n) is 4.98. The number of aryl methyl sites for hydroxylation is 2. The van der Waals surface area contributed by atoms with Crippen LogP contribution >= 0.6 is 0 Å². The van der Waals surface area contributed by atoms with E-state index in [1.165, 1.54) is 6.07 Å². The maximum absolute atomic E-state index is 13.6. The van der Waals surface area contributed by atoms with Crippen LogP contribution in [0.1, 0.15) is 29.5 Å². The Morgan fingerprint density at radius 2 is 1.65 bits per heavy atom. The molecule has 0 aliphatic heterocycles. The van der Waals surface area contributed by atoms with E-state index in [2.05, 4.69) is 10.6 Å². The number of carbonyl (C=O) groups is 2. The fraction of sp³-hybridized carbons (Fsp3) is 0.333. The van der Waals surface area contributed by atoms with Gasteiger partial charge in [0.2, 0.25) is 11.8 Å². The van der Waals surface area contributed by atoms with Crippen LogP contribution in [-0.2, 0) is 16.0 Å². The highest BCUT2D eigenvalue weighted by molar-refractivity contribution is 6.13. The van der Waals surface area contributed by atoms with Crippen LogP contribution in [0.2, 0.25) is 0 Å². The van der Waals surface area contributed by atoms with E-state index in [1.807, 2.05) is 32.0 Å². The summed E-state index contributed by atoms with van der Waals surface area (Å²) in [5.74, 6) is -0.827. The number of nitrogens with one attached hydrogen (secondary N) is 2. The lowest BCUT2D eigenvalue weighted by molar-refractivity contribution is -0.134.